The lowest BCUT2D eigenvalue weighted by Crippen LogP contribution is -2.27. The average Bonchev–Trinajstić information content (AvgIpc) is 2.65. The molecule has 2 aliphatic rings. The highest BCUT2D eigenvalue weighted by molar-refractivity contribution is 5.87. The SMILES string of the molecule is [2H]C1([2H])CC2=C(Cc3ccc(C)cc32)C(C(N)=O)C1. The van der Waals surface area contributed by atoms with E-state index < -0.39 is 18.2 Å². The third kappa shape index (κ3) is 1.59. The summed E-state index contributed by atoms with van der Waals surface area (Å²) in [4.78, 5) is 11.6. The molecule has 1 unspecified atom stereocenters. The van der Waals surface area contributed by atoms with Crippen LogP contribution in [-0.2, 0) is 11.2 Å². The summed E-state index contributed by atoms with van der Waals surface area (Å²) in [5.74, 6) is -0.855. The molecule has 1 aromatic carbocycles. The molecule has 3 rings (SSSR count). The largest absolute Gasteiger partial charge is 0.369 e. The van der Waals surface area contributed by atoms with Crippen molar-refractivity contribution in [2.75, 3.05) is 0 Å². The highest BCUT2D eigenvalue weighted by atomic mass is 16.1. The van der Waals surface area contributed by atoms with Gasteiger partial charge in [-0.2, -0.15) is 0 Å². The van der Waals surface area contributed by atoms with Gasteiger partial charge in [0.2, 0.25) is 5.91 Å². The Bertz CT molecular complexity index is 604. The van der Waals surface area contributed by atoms with Gasteiger partial charge in [0.1, 0.15) is 0 Å². The van der Waals surface area contributed by atoms with E-state index in [9.17, 15) is 4.79 Å². The number of carbonyl (C=O) groups excluding carboxylic acids is 1. The second-order valence-electron chi connectivity index (χ2n) is 4.93. The van der Waals surface area contributed by atoms with Gasteiger partial charge in [-0.25, -0.2) is 0 Å². The number of aryl methyl sites for hydroxylation is 1. The number of allylic oxidation sites excluding steroid dienone is 1. The molecule has 0 radical (unpaired) electrons. The van der Waals surface area contributed by atoms with Crippen LogP contribution in [0.4, 0.5) is 0 Å². The van der Waals surface area contributed by atoms with Crippen LogP contribution in [0.15, 0.2) is 23.8 Å². The molecule has 1 aromatic rings. The van der Waals surface area contributed by atoms with Crippen molar-refractivity contribution in [3.8, 4) is 0 Å². The van der Waals surface area contributed by atoms with Crippen molar-refractivity contribution in [2.45, 2.75) is 32.6 Å². The molecule has 2 heteroatoms. The Balaban J connectivity index is 2.13. The van der Waals surface area contributed by atoms with E-state index in [1.54, 1.807) is 0 Å². The minimum atomic E-state index is -1.34. The zero-order chi connectivity index (χ0) is 13.8. The first kappa shape index (κ1) is 8.51. The number of rotatable bonds is 1. The van der Waals surface area contributed by atoms with Gasteiger partial charge < -0.3 is 5.73 Å². The van der Waals surface area contributed by atoms with Gasteiger partial charge in [0.25, 0.3) is 0 Å². The number of primary amides is 1. The number of amides is 1. The lowest BCUT2D eigenvalue weighted by atomic mass is 9.82. The molecule has 88 valence electrons. The topological polar surface area (TPSA) is 43.1 Å². The van der Waals surface area contributed by atoms with E-state index in [1.807, 2.05) is 6.92 Å². The van der Waals surface area contributed by atoms with Gasteiger partial charge in [-0.1, -0.05) is 23.8 Å². The molecular formula is C15H17NO. The first-order chi connectivity index (χ1) is 8.87. The first-order valence-corrected chi connectivity index (χ1v) is 5.98. The van der Waals surface area contributed by atoms with E-state index in [-0.39, 0.29) is 6.42 Å². The van der Waals surface area contributed by atoms with Gasteiger partial charge in [-0.05, 0) is 54.8 Å². The summed E-state index contributed by atoms with van der Waals surface area (Å²) in [7, 11) is 0. The van der Waals surface area contributed by atoms with Gasteiger partial charge in [0.15, 0.2) is 0 Å². The first-order valence-electron chi connectivity index (χ1n) is 6.98. The molecular weight excluding hydrogens is 210 g/mol. The predicted molar refractivity (Wildman–Crippen MR) is 68.3 cm³/mol. The smallest absolute Gasteiger partial charge is 0.224 e. The molecule has 0 bridgehead atoms. The van der Waals surface area contributed by atoms with Crippen molar-refractivity contribution in [1.82, 2.24) is 0 Å². The van der Waals surface area contributed by atoms with E-state index in [4.69, 9.17) is 8.48 Å². The molecule has 0 spiro atoms. The van der Waals surface area contributed by atoms with Crippen LogP contribution in [-0.4, -0.2) is 5.91 Å². The molecule has 1 atom stereocenters. The number of fused-ring (bicyclic) bond motifs is 2. The Morgan fingerprint density at radius 1 is 1.53 bits per heavy atom. The van der Waals surface area contributed by atoms with Crippen LogP contribution in [0.3, 0.4) is 0 Å². The van der Waals surface area contributed by atoms with Crippen LogP contribution >= 0.6 is 0 Å². The van der Waals surface area contributed by atoms with Crippen molar-refractivity contribution in [2.24, 2.45) is 11.7 Å². The fraction of sp³-hybridized carbons (Fsp3) is 0.400. The number of hydrogen-bond acceptors (Lipinski definition) is 1. The third-order valence-electron chi connectivity index (χ3n) is 3.77. The van der Waals surface area contributed by atoms with Crippen molar-refractivity contribution in [3.63, 3.8) is 0 Å². The highest BCUT2D eigenvalue weighted by Crippen LogP contribution is 2.44. The van der Waals surface area contributed by atoms with E-state index in [0.29, 0.717) is 6.42 Å². The van der Waals surface area contributed by atoms with Crippen LogP contribution in [0.25, 0.3) is 5.57 Å². The summed E-state index contributed by atoms with van der Waals surface area (Å²) < 4.78 is 16.0. The molecule has 0 aliphatic heterocycles. The molecule has 2 aliphatic carbocycles. The summed E-state index contributed by atoms with van der Waals surface area (Å²) in [5, 5.41) is 0. The molecule has 0 heterocycles. The highest BCUT2D eigenvalue weighted by Gasteiger charge is 2.32. The normalized spacial score (nSPS) is 27.0. The maximum atomic E-state index is 11.6. The molecule has 0 aromatic heterocycles. The van der Waals surface area contributed by atoms with Gasteiger partial charge in [-0.15, -0.1) is 0 Å². The lowest BCUT2D eigenvalue weighted by molar-refractivity contribution is -0.121. The van der Waals surface area contributed by atoms with Gasteiger partial charge >= 0.3 is 0 Å². The summed E-state index contributed by atoms with van der Waals surface area (Å²) in [6.07, 6.45) is 0.00915. The van der Waals surface area contributed by atoms with E-state index in [2.05, 4.69) is 18.2 Å². The number of hydrogen-bond donors (Lipinski definition) is 1. The van der Waals surface area contributed by atoms with Crippen molar-refractivity contribution in [1.29, 1.82) is 0 Å². The van der Waals surface area contributed by atoms with Crippen LogP contribution in [0, 0.1) is 12.8 Å². The van der Waals surface area contributed by atoms with Gasteiger partial charge in [0.05, 0.1) is 5.92 Å². The monoisotopic (exact) mass is 229 g/mol. The minimum absolute atomic E-state index is 0.216. The van der Waals surface area contributed by atoms with E-state index >= 15 is 0 Å². The van der Waals surface area contributed by atoms with Crippen molar-refractivity contribution < 1.29 is 7.54 Å². The average molecular weight is 229 g/mol. The fourth-order valence-electron chi connectivity index (χ4n) is 2.89. The molecule has 0 saturated heterocycles. The third-order valence-corrected chi connectivity index (χ3v) is 3.77. The molecule has 17 heavy (non-hydrogen) atoms. The Labute approximate surface area is 104 Å². The van der Waals surface area contributed by atoms with Crippen molar-refractivity contribution >= 4 is 11.5 Å². The predicted octanol–water partition coefficient (Wildman–Crippen LogP) is 2.59. The summed E-state index contributed by atoms with van der Waals surface area (Å²) in [5.41, 5.74) is 11.0. The van der Waals surface area contributed by atoms with Gasteiger partial charge in [-0.3, -0.25) is 4.79 Å². The summed E-state index contributed by atoms with van der Waals surface area (Å²) >= 11 is 0. The summed E-state index contributed by atoms with van der Waals surface area (Å²) in [6, 6.07) is 6.24. The molecule has 2 nitrogen and oxygen atoms in total. The van der Waals surface area contributed by atoms with Crippen LogP contribution < -0.4 is 5.73 Å². The minimum Gasteiger partial charge on any atom is -0.369 e. The second-order valence-corrected chi connectivity index (χ2v) is 4.93. The van der Waals surface area contributed by atoms with Crippen LogP contribution in [0.1, 0.15) is 38.6 Å². The second kappa shape index (κ2) is 3.73. The molecule has 0 fully saturated rings. The molecule has 2 N–H and O–H groups in total. The number of benzene rings is 1. The number of nitrogens with two attached hydrogens (primary N) is 1. The van der Waals surface area contributed by atoms with E-state index in [0.717, 1.165) is 28.7 Å². The molecule has 0 saturated carbocycles. The maximum absolute atomic E-state index is 11.6. The molecule has 1 amide bonds. The van der Waals surface area contributed by atoms with Gasteiger partial charge in [0, 0.05) is 2.74 Å². The Hall–Kier alpha value is -1.57. The Morgan fingerprint density at radius 2 is 2.35 bits per heavy atom. The van der Waals surface area contributed by atoms with E-state index in [1.165, 1.54) is 5.56 Å². The van der Waals surface area contributed by atoms with Crippen molar-refractivity contribution in [3.05, 3.63) is 40.5 Å². The number of carbonyl (C=O) groups is 1. The Kier molecular flexibility index (Phi) is 1.87. The van der Waals surface area contributed by atoms with Crippen LogP contribution in [0.2, 0.25) is 0 Å². The standard InChI is InChI=1S/C15H17NO/c1-9-5-6-10-8-14-11(13(10)7-9)3-2-4-12(14)15(16)17/h5-7,12H,2-4,8H2,1H3,(H2,16,17)/i2D2. The summed E-state index contributed by atoms with van der Waals surface area (Å²) in [6.45, 7) is 2.03. The Morgan fingerprint density at radius 3 is 3.12 bits per heavy atom. The zero-order valence-corrected chi connectivity index (χ0v) is 9.92. The fourth-order valence-corrected chi connectivity index (χ4v) is 2.89. The lowest BCUT2D eigenvalue weighted by Gasteiger charge is -2.22. The quantitative estimate of drug-likeness (QED) is 0.790. The van der Waals surface area contributed by atoms with Crippen LogP contribution in [0.5, 0.6) is 0 Å². The maximum Gasteiger partial charge on any atom is 0.224 e. The zero-order valence-electron chi connectivity index (χ0n) is 11.9.